The summed E-state index contributed by atoms with van der Waals surface area (Å²) in [4.78, 5) is 4.27. The standard InChI is InChI=1S/C14H18N2O/c1-4-17-14-12-6-5-7-13(16-10(2)3)11(12)8-9-15-14/h5-10,16H,4H2,1-3H3. The lowest BCUT2D eigenvalue weighted by Gasteiger charge is -2.14. The maximum absolute atomic E-state index is 5.54. The van der Waals surface area contributed by atoms with Crippen LogP contribution in [-0.2, 0) is 0 Å². The molecule has 1 N–H and O–H groups in total. The van der Waals surface area contributed by atoms with E-state index in [1.165, 1.54) is 0 Å². The third kappa shape index (κ3) is 2.49. The predicted octanol–water partition coefficient (Wildman–Crippen LogP) is 3.45. The maximum atomic E-state index is 5.54. The van der Waals surface area contributed by atoms with Crippen LogP contribution in [0.5, 0.6) is 5.88 Å². The third-order valence-corrected chi connectivity index (χ3v) is 2.49. The molecule has 1 aromatic carbocycles. The number of nitrogens with zero attached hydrogens (tertiary/aromatic N) is 1. The van der Waals surface area contributed by atoms with E-state index in [9.17, 15) is 0 Å². The highest BCUT2D eigenvalue weighted by atomic mass is 16.5. The molecule has 2 aromatic rings. The van der Waals surface area contributed by atoms with E-state index in [-0.39, 0.29) is 0 Å². The van der Waals surface area contributed by atoms with E-state index < -0.39 is 0 Å². The fourth-order valence-electron chi connectivity index (χ4n) is 1.87. The summed E-state index contributed by atoms with van der Waals surface area (Å²) >= 11 is 0. The molecule has 0 saturated carbocycles. The zero-order valence-corrected chi connectivity index (χ0v) is 10.5. The van der Waals surface area contributed by atoms with Gasteiger partial charge in [-0.15, -0.1) is 0 Å². The normalized spacial score (nSPS) is 10.8. The van der Waals surface area contributed by atoms with Gasteiger partial charge in [-0.2, -0.15) is 0 Å². The Morgan fingerprint density at radius 1 is 1.24 bits per heavy atom. The largest absolute Gasteiger partial charge is 0.478 e. The van der Waals surface area contributed by atoms with Crippen LogP contribution in [0.15, 0.2) is 30.5 Å². The molecule has 2 rings (SSSR count). The Morgan fingerprint density at radius 2 is 2.06 bits per heavy atom. The first-order valence-corrected chi connectivity index (χ1v) is 5.99. The number of rotatable bonds is 4. The van der Waals surface area contributed by atoms with Crippen molar-refractivity contribution in [3.8, 4) is 5.88 Å². The minimum atomic E-state index is 0.407. The number of benzene rings is 1. The first-order valence-electron chi connectivity index (χ1n) is 5.99. The van der Waals surface area contributed by atoms with Crippen LogP contribution in [-0.4, -0.2) is 17.6 Å². The van der Waals surface area contributed by atoms with E-state index >= 15 is 0 Å². The number of pyridine rings is 1. The van der Waals surface area contributed by atoms with Gasteiger partial charge < -0.3 is 10.1 Å². The van der Waals surface area contributed by atoms with E-state index in [2.05, 4.69) is 30.2 Å². The summed E-state index contributed by atoms with van der Waals surface area (Å²) in [5.74, 6) is 0.706. The molecule has 0 amide bonds. The van der Waals surface area contributed by atoms with Gasteiger partial charge in [0.1, 0.15) is 0 Å². The molecule has 17 heavy (non-hydrogen) atoms. The number of nitrogens with one attached hydrogen (secondary N) is 1. The zero-order chi connectivity index (χ0) is 12.3. The van der Waals surface area contributed by atoms with Crippen molar-refractivity contribution in [3.63, 3.8) is 0 Å². The molecule has 0 atom stereocenters. The molecule has 1 aromatic heterocycles. The number of anilines is 1. The van der Waals surface area contributed by atoms with Gasteiger partial charge >= 0.3 is 0 Å². The molecule has 3 nitrogen and oxygen atoms in total. The van der Waals surface area contributed by atoms with E-state index in [4.69, 9.17) is 4.74 Å². The molecule has 0 aliphatic carbocycles. The van der Waals surface area contributed by atoms with Crippen LogP contribution < -0.4 is 10.1 Å². The number of ether oxygens (including phenoxy) is 1. The summed E-state index contributed by atoms with van der Waals surface area (Å²) in [7, 11) is 0. The van der Waals surface area contributed by atoms with Gasteiger partial charge in [0.15, 0.2) is 0 Å². The van der Waals surface area contributed by atoms with Crippen molar-refractivity contribution in [2.45, 2.75) is 26.8 Å². The molecule has 0 aliphatic heterocycles. The number of aromatic nitrogens is 1. The first-order chi connectivity index (χ1) is 8.22. The SMILES string of the molecule is CCOc1nccc2c(NC(C)C)cccc12. The van der Waals surface area contributed by atoms with Gasteiger partial charge in [0.25, 0.3) is 0 Å². The van der Waals surface area contributed by atoms with Crippen LogP contribution in [0.25, 0.3) is 10.8 Å². The van der Waals surface area contributed by atoms with Gasteiger partial charge in [-0.3, -0.25) is 0 Å². The van der Waals surface area contributed by atoms with Crippen LogP contribution in [0.2, 0.25) is 0 Å². The van der Waals surface area contributed by atoms with Crippen LogP contribution in [0.4, 0.5) is 5.69 Å². The smallest absolute Gasteiger partial charge is 0.221 e. The van der Waals surface area contributed by atoms with E-state index in [0.29, 0.717) is 18.5 Å². The third-order valence-electron chi connectivity index (χ3n) is 2.49. The summed E-state index contributed by atoms with van der Waals surface area (Å²) in [5.41, 5.74) is 1.13. The lowest BCUT2D eigenvalue weighted by molar-refractivity contribution is 0.331. The Morgan fingerprint density at radius 3 is 2.76 bits per heavy atom. The van der Waals surface area contributed by atoms with E-state index in [1.54, 1.807) is 6.20 Å². The summed E-state index contributed by atoms with van der Waals surface area (Å²) in [6.45, 7) is 6.86. The Labute approximate surface area is 102 Å². The summed E-state index contributed by atoms with van der Waals surface area (Å²) < 4.78 is 5.54. The van der Waals surface area contributed by atoms with Crippen molar-refractivity contribution in [1.29, 1.82) is 0 Å². The fraction of sp³-hybridized carbons (Fsp3) is 0.357. The van der Waals surface area contributed by atoms with Crippen molar-refractivity contribution >= 4 is 16.5 Å². The lowest BCUT2D eigenvalue weighted by atomic mass is 10.1. The van der Waals surface area contributed by atoms with Crippen LogP contribution in [0.3, 0.4) is 0 Å². The second-order valence-corrected chi connectivity index (χ2v) is 4.25. The topological polar surface area (TPSA) is 34.1 Å². The van der Waals surface area contributed by atoms with Gasteiger partial charge in [-0.25, -0.2) is 4.98 Å². The molecular weight excluding hydrogens is 212 g/mol. The highest BCUT2D eigenvalue weighted by molar-refractivity contribution is 5.96. The van der Waals surface area contributed by atoms with E-state index in [0.717, 1.165) is 16.5 Å². The highest BCUT2D eigenvalue weighted by Crippen LogP contribution is 2.29. The fourth-order valence-corrected chi connectivity index (χ4v) is 1.87. The van der Waals surface area contributed by atoms with Gasteiger partial charge in [0.05, 0.1) is 6.61 Å². The van der Waals surface area contributed by atoms with Crippen molar-refractivity contribution < 1.29 is 4.74 Å². The van der Waals surface area contributed by atoms with Crippen LogP contribution >= 0.6 is 0 Å². The second-order valence-electron chi connectivity index (χ2n) is 4.25. The molecule has 0 radical (unpaired) electrons. The molecule has 3 heteroatoms. The summed E-state index contributed by atoms with van der Waals surface area (Å²) in [6, 6.07) is 8.57. The summed E-state index contributed by atoms with van der Waals surface area (Å²) in [6.07, 6.45) is 1.79. The van der Waals surface area contributed by atoms with Crippen molar-refractivity contribution in [1.82, 2.24) is 4.98 Å². The van der Waals surface area contributed by atoms with Gasteiger partial charge in [-0.05, 0) is 39.0 Å². The quantitative estimate of drug-likeness (QED) is 0.873. The maximum Gasteiger partial charge on any atom is 0.221 e. The molecular formula is C14H18N2O. The monoisotopic (exact) mass is 230 g/mol. The van der Waals surface area contributed by atoms with Crippen molar-refractivity contribution in [3.05, 3.63) is 30.5 Å². The Kier molecular flexibility index (Phi) is 3.47. The minimum Gasteiger partial charge on any atom is -0.478 e. The molecule has 0 aliphatic rings. The van der Waals surface area contributed by atoms with Crippen molar-refractivity contribution in [2.24, 2.45) is 0 Å². The average Bonchev–Trinajstić information content (AvgIpc) is 2.30. The number of hydrogen-bond donors (Lipinski definition) is 1. The van der Waals surface area contributed by atoms with Crippen LogP contribution in [0, 0.1) is 0 Å². The number of fused-ring (bicyclic) bond motifs is 1. The minimum absolute atomic E-state index is 0.407. The molecule has 0 spiro atoms. The molecule has 1 heterocycles. The molecule has 0 unspecified atom stereocenters. The first kappa shape index (κ1) is 11.7. The highest BCUT2D eigenvalue weighted by Gasteiger charge is 2.06. The van der Waals surface area contributed by atoms with Crippen LogP contribution in [0.1, 0.15) is 20.8 Å². The Balaban J connectivity index is 2.53. The lowest BCUT2D eigenvalue weighted by Crippen LogP contribution is -2.10. The molecule has 0 bridgehead atoms. The summed E-state index contributed by atoms with van der Waals surface area (Å²) in [5, 5.41) is 5.64. The number of hydrogen-bond acceptors (Lipinski definition) is 3. The Bertz CT molecular complexity index is 509. The average molecular weight is 230 g/mol. The zero-order valence-electron chi connectivity index (χ0n) is 10.5. The second kappa shape index (κ2) is 5.04. The molecule has 0 fully saturated rings. The molecule has 90 valence electrons. The predicted molar refractivity (Wildman–Crippen MR) is 71.7 cm³/mol. The Hall–Kier alpha value is -1.77. The van der Waals surface area contributed by atoms with Gasteiger partial charge in [-0.1, -0.05) is 6.07 Å². The van der Waals surface area contributed by atoms with E-state index in [1.807, 2.05) is 25.1 Å². The molecule has 0 saturated heterocycles. The van der Waals surface area contributed by atoms with Gasteiger partial charge in [0, 0.05) is 28.7 Å². The van der Waals surface area contributed by atoms with Crippen molar-refractivity contribution in [2.75, 3.05) is 11.9 Å². The van der Waals surface area contributed by atoms with Gasteiger partial charge in [0.2, 0.25) is 5.88 Å².